The van der Waals surface area contributed by atoms with Crippen molar-refractivity contribution in [2.24, 2.45) is 0 Å². The Kier molecular flexibility index (Phi) is 6.67. The Morgan fingerprint density at radius 2 is 1.54 bits per heavy atom. The van der Waals surface area contributed by atoms with Crippen LogP contribution < -0.4 is 9.04 Å². The molecule has 5 aromatic rings. The highest BCUT2D eigenvalue weighted by Crippen LogP contribution is 2.33. The zero-order chi connectivity index (χ0) is 26.0. The lowest BCUT2D eigenvalue weighted by molar-refractivity contribution is 0.182. The summed E-state index contributed by atoms with van der Waals surface area (Å²) in [4.78, 5) is 0. The number of anilines is 1. The summed E-state index contributed by atoms with van der Waals surface area (Å²) in [6.07, 6.45) is 2.33. The number of ether oxygens (including phenoxy) is 1. The highest BCUT2D eigenvalue weighted by molar-refractivity contribution is 7.92. The largest absolute Gasteiger partial charge is 0.484 e. The third-order valence-corrected chi connectivity index (χ3v) is 7.44. The fourth-order valence-electron chi connectivity index (χ4n) is 4.53. The molecular weight excluding hydrogens is 489 g/mol. The molecule has 2 atom stereocenters. The fraction of sp³-hybridized carbons (Fsp3) is 0.138. The maximum absolute atomic E-state index is 13.4. The summed E-state index contributed by atoms with van der Waals surface area (Å²) in [7, 11) is -3.61. The third-order valence-electron chi connectivity index (χ3n) is 6.18. The Balaban J connectivity index is 1.52. The molecule has 5 rings (SSSR count). The number of sulfonamides is 1. The van der Waals surface area contributed by atoms with Crippen molar-refractivity contribution in [2.45, 2.75) is 19.1 Å². The van der Waals surface area contributed by atoms with Crippen molar-refractivity contribution in [3.8, 4) is 11.4 Å². The van der Waals surface area contributed by atoms with E-state index in [2.05, 4.69) is 5.10 Å². The fourth-order valence-corrected chi connectivity index (χ4v) is 5.75. The normalized spacial score (nSPS) is 13.3. The third kappa shape index (κ3) is 5.20. The van der Waals surface area contributed by atoms with Gasteiger partial charge in [-0.25, -0.2) is 17.5 Å². The van der Waals surface area contributed by atoms with Gasteiger partial charge in [-0.2, -0.15) is 5.10 Å². The molecule has 0 aliphatic heterocycles. The molecule has 0 amide bonds. The molecule has 0 radical (unpaired) electrons. The number of aromatic nitrogens is 2. The second-order valence-corrected chi connectivity index (χ2v) is 10.7. The molecule has 8 heteroatoms. The Hall–Kier alpha value is -4.17. The van der Waals surface area contributed by atoms with Crippen molar-refractivity contribution in [3.05, 3.63) is 121 Å². The lowest BCUT2D eigenvalue weighted by Gasteiger charge is -2.35. The molecule has 188 valence electrons. The Morgan fingerprint density at radius 1 is 0.892 bits per heavy atom. The minimum atomic E-state index is -3.61. The Bertz CT molecular complexity index is 1610. The SMILES string of the molecule is C[C@@H]([C@H](Oc1ccc2c(cnn2-c2ccc(F)cc2)c1)c1ccccc1)N(c1ccccc1)S(C)(=O)=O. The first-order valence-corrected chi connectivity index (χ1v) is 13.7. The zero-order valence-electron chi connectivity index (χ0n) is 20.4. The van der Waals surface area contributed by atoms with Gasteiger partial charge in [-0.3, -0.25) is 4.31 Å². The van der Waals surface area contributed by atoms with Crippen LogP contribution in [0.5, 0.6) is 5.75 Å². The van der Waals surface area contributed by atoms with Crippen molar-refractivity contribution in [1.29, 1.82) is 0 Å². The van der Waals surface area contributed by atoms with Crippen LogP contribution in [0.3, 0.4) is 0 Å². The molecule has 1 heterocycles. The monoisotopic (exact) mass is 515 g/mol. The minimum Gasteiger partial charge on any atom is -0.484 e. The van der Waals surface area contributed by atoms with Crippen LogP contribution in [0.25, 0.3) is 16.6 Å². The summed E-state index contributed by atoms with van der Waals surface area (Å²) in [5.74, 6) is 0.268. The molecule has 0 saturated heterocycles. The van der Waals surface area contributed by atoms with Crippen molar-refractivity contribution in [1.82, 2.24) is 9.78 Å². The number of benzene rings is 4. The number of rotatable bonds is 8. The van der Waals surface area contributed by atoms with Crippen LogP contribution >= 0.6 is 0 Å². The van der Waals surface area contributed by atoms with Crippen molar-refractivity contribution >= 4 is 26.6 Å². The first kappa shape index (κ1) is 24.5. The predicted octanol–water partition coefficient (Wildman–Crippen LogP) is 6.14. The number of fused-ring (bicyclic) bond motifs is 1. The summed E-state index contributed by atoms with van der Waals surface area (Å²) >= 11 is 0. The molecule has 0 saturated carbocycles. The van der Waals surface area contributed by atoms with Crippen molar-refractivity contribution < 1.29 is 17.5 Å². The standard InChI is InChI=1S/C29H26FN3O3S/c1-21(33(37(2,34)35)26-11-7-4-8-12-26)29(22-9-5-3-6-10-22)36-27-17-18-28-23(19-27)20-31-32(28)25-15-13-24(30)14-16-25/h3-21,29H,1-2H3/t21-,29-/m0/s1. The van der Waals surface area contributed by atoms with Gasteiger partial charge in [0.25, 0.3) is 0 Å². The maximum atomic E-state index is 13.4. The highest BCUT2D eigenvalue weighted by atomic mass is 32.2. The molecule has 37 heavy (non-hydrogen) atoms. The van der Waals surface area contributed by atoms with E-state index < -0.39 is 22.2 Å². The summed E-state index contributed by atoms with van der Waals surface area (Å²) < 4.78 is 48.9. The highest BCUT2D eigenvalue weighted by Gasteiger charge is 2.32. The molecule has 6 nitrogen and oxygen atoms in total. The molecule has 0 fully saturated rings. The van der Waals surface area contributed by atoms with Crippen LogP contribution in [0, 0.1) is 5.82 Å². The molecular formula is C29H26FN3O3S. The van der Waals surface area contributed by atoms with Gasteiger partial charge in [0, 0.05) is 5.39 Å². The maximum Gasteiger partial charge on any atom is 0.232 e. The predicted molar refractivity (Wildman–Crippen MR) is 144 cm³/mol. The molecule has 0 aliphatic rings. The van der Waals surface area contributed by atoms with E-state index in [4.69, 9.17) is 4.74 Å². The number of nitrogens with zero attached hydrogens (tertiary/aromatic N) is 3. The summed E-state index contributed by atoms with van der Waals surface area (Å²) in [5.41, 5.74) is 3.00. The lowest BCUT2D eigenvalue weighted by atomic mass is 10.0. The van der Waals surface area contributed by atoms with Gasteiger partial charge < -0.3 is 4.74 Å². The van der Waals surface area contributed by atoms with Gasteiger partial charge >= 0.3 is 0 Å². The molecule has 4 aromatic carbocycles. The second-order valence-electron chi connectivity index (χ2n) is 8.84. The molecule has 0 unspecified atom stereocenters. The summed E-state index contributed by atoms with van der Waals surface area (Å²) in [6, 6.07) is 29.8. The first-order valence-electron chi connectivity index (χ1n) is 11.8. The number of para-hydroxylation sites is 1. The minimum absolute atomic E-state index is 0.310. The number of hydrogen-bond acceptors (Lipinski definition) is 4. The van der Waals surface area contributed by atoms with E-state index in [-0.39, 0.29) is 5.82 Å². The van der Waals surface area contributed by atoms with E-state index in [1.54, 1.807) is 35.1 Å². The van der Waals surface area contributed by atoms with Crippen LogP contribution in [0.1, 0.15) is 18.6 Å². The molecule has 0 bridgehead atoms. The van der Waals surface area contributed by atoms with Gasteiger partial charge in [0.05, 0.1) is 35.4 Å². The topological polar surface area (TPSA) is 64.4 Å². The van der Waals surface area contributed by atoms with Crippen LogP contribution in [0.4, 0.5) is 10.1 Å². The van der Waals surface area contributed by atoms with E-state index in [1.165, 1.54) is 22.7 Å². The van der Waals surface area contributed by atoms with Gasteiger partial charge in [0.1, 0.15) is 17.7 Å². The van der Waals surface area contributed by atoms with Gasteiger partial charge in [-0.15, -0.1) is 0 Å². The van der Waals surface area contributed by atoms with Crippen molar-refractivity contribution in [2.75, 3.05) is 10.6 Å². The van der Waals surface area contributed by atoms with Gasteiger partial charge in [-0.05, 0) is 67.1 Å². The van der Waals surface area contributed by atoms with E-state index in [0.717, 1.165) is 22.2 Å². The van der Waals surface area contributed by atoms with E-state index >= 15 is 0 Å². The van der Waals surface area contributed by atoms with Crippen LogP contribution in [0.2, 0.25) is 0 Å². The van der Waals surface area contributed by atoms with Crippen LogP contribution in [-0.4, -0.2) is 30.5 Å². The quantitative estimate of drug-likeness (QED) is 0.249. The van der Waals surface area contributed by atoms with Crippen LogP contribution in [-0.2, 0) is 10.0 Å². The smallest absolute Gasteiger partial charge is 0.232 e. The molecule has 0 spiro atoms. The lowest BCUT2D eigenvalue weighted by Crippen LogP contribution is -2.43. The number of hydrogen-bond donors (Lipinski definition) is 0. The van der Waals surface area contributed by atoms with E-state index in [0.29, 0.717) is 11.4 Å². The van der Waals surface area contributed by atoms with Gasteiger partial charge in [0.2, 0.25) is 10.0 Å². The van der Waals surface area contributed by atoms with Crippen LogP contribution in [0.15, 0.2) is 109 Å². The Labute approximate surface area is 215 Å². The zero-order valence-corrected chi connectivity index (χ0v) is 21.2. The van der Waals surface area contributed by atoms with Crippen molar-refractivity contribution in [3.63, 3.8) is 0 Å². The summed E-state index contributed by atoms with van der Waals surface area (Å²) in [6.45, 7) is 1.84. The first-order chi connectivity index (χ1) is 17.8. The second kappa shape index (κ2) is 10.1. The Morgan fingerprint density at radius 3 is 2.19 bits per heavy atom. The molecule has 0 aliphatic carbocycles. The van der Waals surface area contributed by atoms with E-state index in [9.17, 15) is 12.8 Å². The number of halogens is 1. The van der Waals surface area contributed by atoms with Gasteiger partial charge in [0.15, 0.2) is 0 Å². The van der Waals surface area contributed by atoms with Gasteiger partial charge in [-0.1, -0.05) is 48.5 Å². The van der Waals surface area contributed by atoms with E-state index in [1.807, 2.05) is 73.7 Å². The average Bonchev–Trinajstić information content (AvgIpc) is 3.31. The molecule has 0 N–H and O–H groups in total. The summed E-state index contributed by atoms with van der Waals surface area (Å²) in [5, 5.41) is 5.30. The molecule has 1 aromatic heterocycles. The average molecular weight is 516 g/mol.